The van der Waals surface area contributed by atoms with Crippen molar-refractivity contribution in [3.05, 3.63) is 0 Å². The van der Waals surface area contributed by atoms with Crippen LogP contribution in [0.4, 0.5) is 0 Å². The lowest BCUT2D eigenvalue weighted by molar-refractivity contribution is 0.170. The number of likely N-dealkylation sites (N-methyl/N-ethyl adjacent to an activating group) is 1. The fourth-order valence-electron chi connectivity index (χ4n) is 2.00. The van der Waals surface area contributed by atoms with Gasteiger partial charge in [-0.1, -0.05) is 0 Å². The van der Waals surface area contributed by atoms with Crippen molar-refractivity contribution < 1.29 is 8.42 Å². The van der Waals surface area contributed by atoms with Crippen molar-refractivity contribution in [3.63, 3.8) is 0 Å². The summed E-state index contributed by atoms with van der Waals surface area (Å²) in [5.74, 6) is 0.353. The highest BCUT2D eigenvalue weighted by Crippen LogP contribution is 2.23. The van der Waals surface area contributed by atoms with Crippen LogP contribution in [0.25, 0.3) is 0 Å². The molecule has 1 atom stereocenters. The highest BCUT2D eigenvalue weighted by molar-refractivity contribution is 7.89. The van der Waals surface area contributed by atoms with E-state index in [9.17, 15) is 8.42 Å². The van der Waals surface area contributed by atoms with Crippen LogP contribution in [0, 0.1) is 0 Å². The summed E-state index contributed by atoms with van der Waals surface area (Å²) in [6.07, 6.45) is 0.812. The van der Waals surface area contributed by atoms with Gasteiger partial charge in [-0.25, -0.2) is 8.42 Å². The molecule has 2 saturated heterocycles. The summed E-state index contributed by atoms with van der Waals surface area (Å²) < 4.78 is 24.5. The molecule has 2 aliphatic rings. The topological polar surface area (TPSA) is 40.6 Å². The second-order valence-corrected chi connectivity index (χ2v) is 5.67. The fraction of sp³-hybridized carbons (Fsp3) is 1.00. The third-order valence-electron chi connectivity index (χ3n) is 2.70. The van der Waals surface area contributed by atoms with Crippen LogP contribution in [0.5, 0.6) is 0 Å². The van der Waals surface area contributed by atoms with E-state index in [1.54, 1.807) is 4.31 Å². The summed E-state index contributed by atoms with van der Waals surface area (Å²) in [5, 5.41) is 0. The number of fused-ring (bicyclic) bond motifs is 1. The van der Waals surface area contributed by atoms with Crippen LogP contribution >= 0.6 is 0 Å². The Morgan fingerprint density at radius 3 is 2.83 bits per heavy atom. The molecule has 0 radical (unpaired) electrons. The van der Waals surface area contributed by atoms with Gasteiger partial charge in [-0.15, -0.1) is 0 Å². The van der Waals surface area contributed by atoms with Crippen molar-refractivity contribution in [1.29, 1.82) is 0 Å². The summed E-state index contributed by atoms with van der Waals surface area (Å²) in [6, 6.07) is 0.258. The molecule has 70 valence electrons. The Morgan fingerprint density at radius 2 is 2.08 bits per heavy atom. The van der Waals surface area contributed by atoms with Crippen LogP contribution < -0.4 is 0 Å². The van der Waals surface area contributed by atoms with Crippen LogP contribution in [0.15, 0.2) is 0 Å². The minimum atomic E-state index is -2.86. The van der Waals surface area contributed by atoms with Gasteiger partial charge in [-0.05, 0) is 13.5 Å². The Hall–Kier alpha value is -0.130. The highest BCUT2D eigenvalue weighted by atomic mass is 32.2. The minimum absolute atomic E-state index is 0.258. The molecule has 4 nitrogen and oxygen atoms in total. The normalized spacial score (nSPS) is 36.6. The first-order chi connectivity index (χ1) is 5.59. The Kier molecular flexibility index (Phi) is 1.89. The van der Waals surface area contributed by atoms with Crippen LogP contribution in [-0.2, 0) is 10.0 Å². The molecule has 2 aliphatic heterocycles. The summed E-state index contributed by atoms with van der Waals surface area (Å²) in [4.78, 5) is 2.20. The third-order valence-corrected chi connectivity index (χ3v) is 4.65. The van der Waals surface area contributed by atoms with Crippen molar-refractivity contribution in [1.82, 2.24) is 9.21 Å². The molecule has 2 rings (SSSR count). The first kappa shape index (κ1) is 8.47. The van der Waals surface area contributed by atoms with Crippen LogP contribution in [0.2, 0.25) is 0 Å². The van der Waals surface area contributed by atoms with E-state index in [1.807, 2.05) is 7.05 Å². The van der Waals surface area contributed by atoms with E-state index in [2.05, 4.69) is 4.90 Å². The van der Waals surface area contributed by atoms with Gasteiger partial charge in [0.25, 0.3) is 0 Å². The van der Waals surface area contributed by atoms with Crippen molar-refractivity contribution in [2.75, 3.05) is 32.4 Å². The Bertz CT molecular complexity index is 275. The first-order valence-corrected chi connectivity index (χ1v) is 5.88. The molecule has 0 spiro atoms. The number of sulfonamides is 1. The average Bonchev–Trinajstić information content (AvgIpc) is 2.27. The zero-order valence-electron chi connectivity index (χ0n) is 7.23. The predicted octanol–water partition coefficient (Wildman–Crippen LogP) is -0.664. The molecule has 5 heteroatoms. The molecule has 0 amide bonds. The molecule has 12 heavy (non-hydrogen) atoms. The largest absolute Gasteiger partial charge is 0.303 e. The molecule has 0 aliphatic carbocycles. The van der Waals surface area contributed by atoms with Gasteiger partial charge >= 0.3 is 0 Å². The molecule has 0 saturated carbocycles. The molecule has 1 unspecified atom stereocenters. The van der Waals surface area contributed by atoms with Gasteiger partial charge in [-0.2, -0.15) is 4.31 Å². The molecular formula is C7H14N2O2S. The maximum Gasteiger partial charge on any atom is 0.214 e. The lowest BCUT2D eigenvalue weighted by Crippen LogP contribution is -2.49. The monoisotopic (exact) mass is 190 g/mol. The molecule has 0 N–H and O–H groups in total. The number of rotatable bonds is 0. The van der Waals surface area contributed by atoms with Gasteiger partial charge < -0.3 is 4.90 Å². The van der Waals surface area contributed by atoms with E-state index in [1.165, 1.54) is 0 Å². The first-order valence-electron chi connectivity index (χ1n) is 4.28. The maximum absolute atomic E-state index is 11.4. The molecule has 0 aromatic carbocycles. The van der Waals surface area contributed by atoms with Gasteiger partial charge in [0, 0.05) is 25.7 Å². The Labute approximate surface area is 73.2 Å². The Morgan fingerprint density at radius 1 is 1.33 bits per heavy atom. The van der Waals surface area contributed by atoms with E-state index < -0.39 is 10.0 Å². The lowest BCUT2D eigenvalue weighted by Gasteiger charge is -2.33. The number of piperazine rings is 1. The fourth-order valence-corrected chi connectivity index (χ4v) is 3.79. The minimum Gasteiger partial charge on any atom is -0.303 e. The van der Waals surface area contributed by atoms with Crippen molar-refractivity contribution in [3.8, 4) is 0 Å². The van der Waals surface area contributed by atoms with E-state index in [4.69, 9.17) is 0 Å². The number of hydrogen-bond acceptors (Lipinski definition) is 3. The average molecular weight is 190 g/mol. The van der Waals surface area contributed by atoms with Crippen molar-refractivity contribution in [2.24, 2.45) is 0 Å². The second kappa shape index (κ2) is 2.68. The molecule has 0 aromatic rings. The Balaban J connectivity index is 2.18. The summed E-state index contributed by atoms with van der Waals surface area (Å²) >= 11 is 0. The van der Waals surface area contributed by atoms with E-state index in [-0.39, 0.29) is 6.04 Å². The van der Waals surface area contributed by atoms with Crippen LogP contribution in [0.3, 0.4) is 0 Å². The van der Waals surface area contributed by atoms with E-state index >= 15 is 0 Å². The second-order valence-electron chi connectivity index (χ2n) is 3.63. The van der Waals surface area contributed by atoms with E-state index in [0.717, 1.165) is 19.5 Å². The quantitative estimate of drug-likeness (QED) is 0.509. The summed E-state index contributed by atoms with van der Waals surface area (Å²) in [5.41, 5.74) is 0. The standard InChI is InChI=1S/C7H14N2O2S/c1-8-3-4-9-7(6-8)2-5-12(9,10)11/h7H,2-6H2,1H3. The van der Waals surface area contributed by atoms with Gasteiger partial charge in [0.2, 0.25) is 10.0 Å². The SMILES string of the molecule is CN1CCN2C(CCS2(=O)=O)C1. The maximum atomic E-state index is 11.4. The predicted molar refractivity (Wildman–Crippen MR) is 46.4 cm³/mol. The number of nitrogens with zero attached hydrogens (tertiary/aromatic N) is 2. The van der Waals surface area contributed by atoms with Gasteiger partial charge in [0.1, 0.15) is 0 Å². The zero-order chi connectivity index (χ0) is 8.77. The highest BCUT2D eigenvalue weighted by Gasteiger charge is 2.39. The molecule has 0 aromatic heterocycles. The van der Waals surface area contributed by atoms with Crippen molar-refractivity contribution >= 4 is 10.0 Å². The summed E-state index contributed by atoms with van der Waals surface area (Å²) in [7, 11) is -0.820. The zero-order valence-corrected chi connectivity index (χ0v) is 8.05. The smallest absolute Gasteiger partial charge is 0.214 e. The lowest BCUT2D eigenvalue weighted by atomic mass is 10.2. The molecule has 2 heterocycles. The van der Waals surface area contributed by atoms with Gasteiger partial charge in [-0.3, -0.25) is 0 Å². The van der Waals surface area contributed by atoms with E-state index in [0.29, 0.717) is 12.3 Å². The van der Waals surface area contributed by atoms with Gasteiger partial charge in [0.05, 0.1) is 5.75 Å². The van der Waals surface area contributed by atoms with Crippen LogP contribution in [-0.4, -0.2) is 56.1 Å². The van der Waals surface area contributed by atoms with Gasteiger partial charge in [0.15, 0.2) is 0 Å². The molecule has 2 fully saturated rings. The number of hydrogen-bond donors (Lipinski definition) is 0. The summed E-state index contributed by atoms with van der Waals surface area (Å²) in [6.45, 7) is 2.46. The van der Waals surface area contributed by atoms with Crippen molar-refractivity contribution in [2.45, 2.75) is 12.5 Å². The van der Waals surface area contributed by atoms with Crippen LogP contribution in [0.1, 0.15) is 6.42 Å². The molecule has 0 bridgehead atoms. The third kappa shape index (κ3) is 1.26. The molecular weight excluding hydrogens is 176 g/mol.